The van der Waals surface area contributed by atoms with Gasteiger partial charge in [-0.25, -0.2) is 0 Å². The molecule has 0 aromatic rings. The largest absolute Gasteiger partial charge is 0.356 e. The number of aliphatic imine (C=N–C) groups is 1. The molecule has 3 nitrogen and oxygen atoms in total. The highest BCUT2D eigenvalue weighted by Crippen LogP contribution is 2.08. The van der Waals surface area contributed by atoms with Crippen LogP contribution in [0.5, 0.6) is 0 Å². The fraction of sp³-hybridized carbons (Fsp3) is 0.769. The van der Waals surface area contributed by atoms with Gasteiger partial charge in [-0.3, -0.25) is 4.99 Å². The summed E-state index contributed by atoms with van der Waals surface area (Å²) in [5.41, 5.74) is 0. The summed E-state index contributed by atoms with van der Waals surface area (Å²) in [6.45, 7) is 5.53. The van der Waals surface area contributed by atoms with Crippen LogP contribution >= 0.6 is 0 Å². The smallest absolute Gasteiger partial charge is 0.191 e. The number of nitrogens with zero attached hydrogens (tertiary/aromatic N) is 1. The molecule has 1 rings (SSSR count). The van der Waals surface area contributed by atoms with Crippen LogP contribution in [0, 0.1) is 5.92 Å². The van der Waals surface area contributed by atoms with Crippen LogP contribution in [0.3, 0.4) is 0 Å². The zero-order valence-corrected chi connectivity index (χ0v) is 10.8. The predicted molar refractivity (Wildman–Crippen MR) is 70.7 cm³/mol. The monoisotopic (exact) mass is 223 g/mol. The van der Waals surface area contributed by atoms with Crippen LogP contribution in [-0.4, -0.2) is 25.6 Å². The average molecular weight is 223 g/mol. The Morgan fingerprint density at radius 2 is 2.06 bits per heavy atom. The first-order valence-corrected chi connectivity index (χ1v) is 6.34. The first-order valence-electron chi connectivity index (χ1n) is 6.34. The fourth-order valence-electron chi connectivity index (χ4n) is 1.84. The lowest BCUT2D eigenvalue weighted by Crippen LogP contribution is -2.42. The second-order valence-electron chi connectivity index (χ2n) is 4.82. The molecule has 0 spiro atoms. The minimum atomic E-state index is 0.538. The van der Waals surface area contributed by atoms with Crippen LogP contribution in [0.25, 0.3) is 0 Å². The Morgan fingerprint density at radius 1 is 1.38 bits per heavy atom. The summed E-state index contributed by atoms with van der Waals surface area (Å²) < 4.78 is 0. The molecule has 0 aromatic carbocycles. The molecular formula is C13H25N3. The summed E-state index contributed by atoms with van der Waals surface area (Å²) in [6.07, 6.45) is 9.17. The van der Waals surface area contributed by atoms with Crippen molar-refractivity contribution >= 4 is 5.96 Å². The van der Waals surface area contributed by atoms with Crippen molar-refractivity contribution in [3.05, 3.63) is 12.2 Å². The van der Waals surface area contributed by atoms with E-state index < -0.39 is 0 Å². The number of guanidine groups is 1. The van der Waals surface area contributed by atoms with Gasteiger partial charge < -0.3 is 10.6 Å². The minimum absolute atomic E-state index is 0.538. The van der Waals surface area contributed by atoms with Crippen molar-refractivity contribution in [1.29, 1.82) is 0 Å². The van der Waals surface area contributed by atoms with Gasteiger partial charge in [-0.1, -0.05) is 26.0 Å². The van der Waals surface area contributed by atoms with Crippen molar-refractivity contribution in [3.63, 3.8) is 0 Å². The summed E-state index contributed by atoms with van der Waals surface area (Å²) in [5, 5.41) is 6.79. The fourth-order valence-corrected chi connectivity index (χ4v) is 1.84. The van der Waals surface area contributed by atoms with Gasteiger partial charge in [0.15, 0.2) is 5.96 Å². The lowest BCUT2D eigenvalue weighted by Gasteiger charge is -2.17. The van der Waals surface area contributed by atoms with Crippen molar-refractivity contribution < 1.29 is 0 Å². The Labute approximate surface area is 99.4 Å². The van der Waals surface area contributed by atoms with E-state index >= 15 is 0 Å². The zero-order chi connectivity index (χ0) is 11.8. The third-order valence-corrected chi connectivity index (χ3v) is 2.82. The molecule has 92 valence electrons. The average Bonchev–Trinajstić information content (AvgIpc) is 2.75. The molecule has 0 saturated heterocycles. The van der Waals surface area contributed by atoms with Gasteiger partial charge >= 0.3 is 0 Å². The van der Waals surface area contributed by atoms with Gasteiger partial charge in [0.1, 0.15) is 0 Å². The summed E-state index contributed by atoms with van der Waals surface area (Å²) >= 11 is 0. The van der Waals surface area contributed by atoms with Crippen molar-refractivity contribution in [2.24, 2.45) is 10.9 Å². The van der Waals surface area contributed by atoms with E-state index in [1.54, 1.807) is 0 Å². The lowest BCUT2D eigenvalue weighted by atomic mass is 10.1. The third kappa shape index (κ3) is 5.19. The van der Waals surface area contributed by atoms with Gasteiger partial charge in [0, 0.05) is 19.6 Å². The molecule has 0 radical (unpaired) electrons. The van der Waals surface area contributed by atoms with Crippen molar-refractivity contribution in [2.75, 3.05) is 13.6 Å². The number of hydrogen-bond acceptors (Lipinski definition) is 1. The van der Waals surface area contributed by atoms with E-state index in [1.165, 1.54) is 12.8 Å². The predicted octanol–water partition coefficient (Wildman–Crippen LogP) is 2.31. The highest BCUT2D eigenvalue weighted by molar-refractivity contribution is 5.80. The van der Waals surface area contributed by atoms with Crippen LogP contribution in [0.4, 0.5) is 0 Å². The first-order chi connectivity index (χ1) is 7.72. The summed E-state index contributed by atoms with van der Waals surface area (Å²) in [4.78, 5) is 4.23. The first kappa shape index (κ1) is 13.1. The Hall–Kier alpha value is -0.990. The van der Waals surface area contributed by atoms with E-state index in [0.717, 1.165) is 31.3 Å². The van der Waals surface area contributed by atoms with E-state index in [-0.39, 0.29) is 0 Å². The second-order valence-corrected chi connectivity index (χ2v) is 4.82. The molecule has 0 bridgehead atoms. The molecule has 0 heterocycles. The minimum Gasteiger partial charge on any atom is -0.356 e. The molecular weight excluding hydrogens is 198 g/mol. The van der Waals surface area contributed by atoms with Crippen LogP contribution in [0.1, 0.15) is 39.5 Å². The van der Waals surface area contributed by atoms with Crippen LogP contribution in [0.15, 0.2) is 17.1 Å². The van der Waals surface area contributed by atoms with E-state index in [9.17, 15) is 0 Å². The van der Waals surface area contributed by atoms with Gasteiger partial charge in [0.05, 0.1) is 0 Å². The Morgan fingerprint density at radius 3 is 2.62 bits per heavy atom. The zero-order valence-electron chi connectivity index (χ0n) is 10.8. The van der Waals surface area contributed by atoms with Gasteiger partial charge in [-0.05, 0) is 31.6 Å². The number of hydrogen-bond donors (Lipinski definition) is 2. The molecule has 16 heavy (non-hydrogen) atoms. The van der Waals surface area contributed by atoms with E-state index in [2.05, 4.69) is 41.6 Å². The van der Waals surface area contributed by atoms with Crippen LogP contribution in [0.2, 0.25) is 0 Å². The summed E-state index contributed by atoms with van der Waals surface area (Å²) in [7, 11) is 1.83. The van der Waals surface area contributed by atoms with E-state index in [0.29, 0.717) is 6.04 Å². The number of rotatable bonds is 5. The molecule has 2 N–H and O–H groups in total. The molecule has 3 heteroatoms. The van der Waals surface area contributed by atoms with Gasteiger partial charge in [0.2, 0.25) is 0 Å². The molecule has 0 unspecified atom stereocenters. The van der Waals surface area contributed by atoms with Gasteiger partial charge in [-0.2, -0.15) is 0 Å². The Balaban J connectivity index is 2.12. The molecule has 1 aliphatic carbocycles. The van der Waals surface area contributed by atoms with Crippen LogP contribution in [-0.2, 0) is 0 Å². The normalized spacial score (nSPS) is 17.1. The standard InChI is InChI=1S/C13H25N3/c1-11(2)7-6-10-15-13(14-3)16-12-8-4-5-9-12/h4-5,11-12H,6-10H2,1-3H3,(H2,14,15,16). The molecule has 1 aliphatic rings. The van der Waals surface area contributed by atoms with Crippen molar-refractivity contribution in [3.8, 4) is 0 Å². The van der Waals surface area contributed by atoms with E-state index in [4.69, 9.17) is 0 Å². The molecule has 0 aromatic heterocycles. The SMILES string of the molecule is CN=C(NCCCC(C)C)NC1CC=CC1. The quantitative estimate of drug-likeness (QED) is 0.325. The van der Waals surface area contributed by atoms with E-state index in [1.807, 2.05) is 7.05 Å². The maximum Gasteiger partial charge on any atom is 0.191 e. The molecule has 0 fully saturated rings. The third-order valence-electron chi connectivity index (χ3n) is 2.82. The maximum absolute atomic E-state index is 4.23. The molecule has 0 saturated carbocycles. The summed E-state index contributed by atoms with van der Waals surface area (Å²) in [5.74, 6) is 1.73. The van der Waals surface area contributed by atoms with Gasteiger partial charge in [0.25, 0.3) is 0 Å². The molecule has 0 aliphatic heterocycles. The highest BCUT2D eigenvalue weighted by Gasteiger charge is 2.10. The number of nitrogens with one attached hydrogen (secondary N) is 2. The van der Waals surface area contributed by atoms with Crippen molar-refractivity contribution in [2.45, 2.75) is 45.6 Å². The summed E-state index contributed by atoms with van der Waals surface area (Å²) in [6, 6.07) is 0.538. The molecule has 0 amide bonds. The Bertz CT molecular complexity index is 236. The second kappa shape index (κ2) is 7.31. The molecule has 0 atom stereocenters. The lowest BCUT2D eigenvalue weighted by molar-refractivity contribution is 0.546. The van der Waals surface area contributed by atoms with Gasteiger partial charge in [-0.15, -0.1) is 0 Å². The van der Waals surface area contributed by atoms with Crippen LogP contribution < -0.4 is 10.6 Å². The highest BCUT2D eigenvalue weighted by atomic mass is 15.2. The maximum atomic E-state index is 4.23. The topological polar surface area (TPSA) is 36.4 Å². The Kier molecular flexibility index (Phi) is 5.98. The van der Waals surface area contributed by atoms with Crippen molar-refractivity contribution in [1.82, 2.24) is 10.6 Å².